The van der Waals surface area contributed by atoms with Crippen molar-refractivity contribution in [3.05, 3.63) is 83.8 Å². The summed E-state index contributed by atoms with van der Waals surface area (Å²) >= 11 is 0. The van der Waals surface area contributed by atoms with Crippen molar-refractivity contribution < 1.29 is 14.3 Å². The van der Waals surface area contributed by atoms with Crippen molar-refractivity contribution in [1.29, 1.82) is 0 Å². The van der Waals surface area contributed by atoms with E-state index in [0.29, 0.717) is 24.5 Å². The van der Waals surface area contributed by atoms with Gasteiger partial charge in [-0.1, -0.05) is 42.5 Å². The Morgan fingerprint density at radius 3 is 2.44 bits per heavy atom. The molecule has 2 amide bonds. The molecule has 2 aromatic carbocycles. The van der Waals surface area contributed by atoms with Crippen molar-refractivity contribution in [2.75, 3.05) is 18.6 Å². The van der Waals surface area contributed by atoms with E-state index in [9.17, 15) is 9.59 Å². The fourth-order valence-electron chi connectivity index (χ4n) is 4.36. The minimum atomic E-state index is -0.750. The van der Waals surface area contributed by atoms with E-state index in [1.54, 1.807) is 36.7 Å². The molecule has 0 radical (unpaired) electrons. The zero-order valence-corrected chi connectivity index (χ0v) is 21.1. The van der Waals surface area contributed by atoms with Gasteiger partial charge in [-0.05, 0) is 43.5 Å². The van der Waals surface area contributed by atoms with Gasteiger partial charge >= 0.3 is 0 Å². The summed E-state index contributed by atoms with van der Waals surface area (Å²) in [6.45, 7) is 6.39. The number of anilines is 1. The molecule has 0 bridgehead atoms. The number of carbonyl (C=O) groups is 2. The van der Waals surface area contributed by atoms with Gasteiger partial charge in [0.1, 0.15) is 12.6 Å². The predicted molar refractivity (Wildman–Crippen MR) is 140 cm³/mol. The van der Waals surface area contributed by atoms with Crippen molar-refractivity contribution in [2.24, 2.45) is 0 Å². The normalized spacial score (nSPS) is 11.8. The lowest BCUT2D eigenvalue weighted by Crippen LogP contribution is -2.50. The van der Waals surface area contributed by atoms with Gasteiger partial charge in [-0.2, -0.15) is 0 Å². The lowest BCUT2D eigenvalue weighted by Gasteiger charge is -2.27. The van der Waals surface area contributed by atoms with Gasteiger partial charge in [-0.25, -0.2) is 9.97 Å². The zero-order valence-electron chi connectivity index (χ0n) is 21.1. The summed E-state index contributed by atoms with van der Waals surface area (Å²) in [5.41, 5.74) is 5.50. The topological polar surface area (TPSA) is 89.4 Å². The first-order chi connectivity index (χ1) is 17.4. The Bertz CT molecular complexity index is 1350. The number of fused-ring (bicyclic) bond motifs is 1. The second-order valence-corrected chi connectivity index (χ2v) is 8.72. The average Bonchev–Trinajstić information content (AvgIpc) is 3.32. The molecule has 36 heavy (non-hydrogen) atoms. The molecule has 1 N–H and O–H groups in total. The Labute approximate surface area is 210 Å². The van der Waals surface area contributed by atoms with E-state index in [1.165, 1.54) is 0 Å². The van der Waals surface area contributed by atoms with Gasteiger partial charge in [-0.15, -0.1) is 0 Å². The molecule has 8 heteroatoms. The zero-order chi connectivity index (χ0) is 25.7. The van der Waals surface area contributed by atoms with E-state index >= 15 is 0 Å². The van der Waals surface area contributed by atoms with Crippen molar-refractivity contribution in [2.45, 2.75) is 39.8 Å². The summed E-state index contributed by atoms with van der Waals surface area (Å²) < 4.78 is 6.97. The maximum Gasteiger partial charge on any atom is 0.249 e. The molecule has 1 atom stereocenters. The van der Waals surface area contributed by atoms with E-state index in [0.717, 1.165) is 27.7 Å². The smallest absolute Gasteiger partial charge is 0.249 e. The molecule has 4 aromatic rings. The summed E-state index contributed by atoms with van der Waals surface area (Å²) in [6.07, 6.45) is 3.65. The molecule has 0 spiro atoms. The third-order valence-electron chi connectivity index (χ3n) is 6.22. The van der Waals surface area contributed by atoms with Crippen LogP contribution in [0, 0.1) is 13.8 Å². The Balaban J connectivity index is 1.58. The quantitative estimate of drug-likeness (QED) is 0.389. The number of imidazole rings is 1. The van der Waals surface area contributed by atoms with Gasteiger partial charge < -0.3 is 19.5 Å². The molecule has 0 saturated carbocycles. The van der Waals surface area contributed by atoms with Crippen LogP contribution in [0.15, 0.2) is 67.1 Å². The van der Waals surface area contributed by atoms with Gasteiger partial charge in [0.2, 0.25) is 17.7 Å². The fourth-order valence-corrected chi connectivity index (χ4v) is 4.36. The van der Waals surface area contributed by atoms with Crippen molar-refractivity contribution in [1.82, 2.24) is 19.9 Å². The molecule has 2 heterocycles. The molecule has 0 aliphatic heterocycles. The average molecular weight is 486 g/mol. The molecule has 2 aromatic heterocycles. The Morgan fingerprint density at radius 2 is 1.78 bits per heavy atom. The number of aryl methyl sites for hydroxylation is 2. The van der Waals surface area contributed by atoms with Crippen LogP contribution in [0.1, 0.15) is 23.6 Å². The van der Waals surface area contributed by atoms with Gasteiger partial charge in [0.05, 0.1) is 36.4 Å². The summed E-state index contributed by atoms with van der Waals surface area (Å²) in [5.74, 6) is 0.00654. The molecule has 4 rings (SSSR count). The highest BCUT2D eigenvalue weighted by atomic mass is 16.5. The van der Waals surface area contributed by atoms with E-state index in [2.05, 4.69) is 15.3 Å². The number of hydrogen-bond donors (Lipinski definition) is 1. The number of likely N-dealkylation sites (N-methyl/N-ethyl adjacent to an activating group) is 1. The first-order valence-electron chi connectivity index (χ1n) is 12.0. The maximum absolute atomic E-state index is 13.7. The van der Waals surface area contributed by atoms with Crippen LogP contribution < -0.4 is 15.0 Å². The molecule has 0 aliphatic carbocycles. The van der Waals surface area contributed by atoms with Gasteiger partial charge in [-0.3, -0.25) is 9.59 Å². The standard InChI is InChI=1S/C28H31N5O3/c1-5-33(22-13-14-25(36-4)29-16-22)28(35)23(15-21-9-7-6-8-10-21)31-24(34)17-32-18-30-26-19(2)11-12-20(3)27(26)32/h6-14,16,18,23H,5,15,17H2,1-4H3,(H,31,34). The second kappa shape index (κ2) is 11.0. The lowest BCUT2D eigenvalue weighted by molar-refractivity contribution is -0.127. The number of ether oxygens (including phenoxy) is 1. The highest BCUT2D eigenvalue weighted by Gasteiger charge is 2.27. The van der Waals surface area contributed by atoms with Crippen LogP contribution in [0.3, 0.4) is 0 Å². The number of nitrogens with zero attached hydrogens (tertiary/aromatic N) is 4. The number of methoxy groups -OCH3 is 1. The molecule has 186 valence electrons. The molecule has 1 unspecified atom stereocenters. The van der Waals surface area contributed by atoms with Crippen LogP contribution in [0.4, 0.5) is 5.69 Å². The van der Waals surface area contributed by atoms with Crippen LogP contribution in [0.5, 0.6) is 5.88 Å². The Hall–Kier alpha value is -4.20. The van der Waals surface area contributed by atoms with Gasteiger partial charge in [0.25, 0.3) is 0 Å². The predicted octanol–water partition coefficient (Wildman–Crippen LogP) is 3.84. The van der Waals surface area contributed by atoms with E-state index in [4.69, 9.17) is 4.74 Å². The van der Waals surface area contributed by atoms with Crippen molar-refractivity contribution >= 4 is 28.5 Å². The van der Waals surface area contributed by atoms with Crippen LogP contribution in [-0.4, -0.2) is 46.0 Å². The summed E-state index contributed by atoms with van der Waals surface area (Å²) in [7, 11) is 1.54. The lowest BCUT2D eigenvalue weighted by atomic mass is 10.0. The molecule has 0 aliphatic rings. The van der Waals surface area contributed by atoms with Crippen molar-refractivity contribution in [3.8, 4) is 5.88 Å². The molecular weight excluding hydrogens is 454 g/mol. The molecule has 8 nitrogen and oxygen atoms in total. The maximum atomic E-state index is 13.7. The number of nitrogens with one attached hydrogen (secondary N) is 1. The van der Waals surface area contributed by atoms with Crippen LogP contribution in [0.25, 0.3) is 11.0 Å². The minimum Gasteiger partial charge on any atom is -0.481 e. The van der Waals surface area contributed by atoms with Gasteiger partial charge in [0.15, 0.2) is 0 Å². The Kier molecular flexibility index (Phi) is 7.63. The first kappa shape index (κ1) is 24.9. The highest BCUT2D eigenvalue weighted by molar-refractivity contribution is 5.99. The third kappa shape index (κ3) is 5.38. The number of benzene rings is 2. The number of carbonyl (C=O) groups excluding carboxylic acids is 2. The van der Waals surface area contributed by atoms with E-state index in [-0.39, 0.29) is 18.4 Å². The van der Waals surface area contributed by atoms with E-state index in [1.807, 2.05) is 67.8 Å². The fraction of sp³-hybridized carbons (Fsp3) is 0.286. The number of rotatable bonds is 9. The summed E-state index contributed by atoms with van der Waals surface area (Å²) in [4.78, 5) is 37.3. The number of amides is 2. The molecule has 0 fully saturated rings. The van der Waals surface area contributed by atoms with Crippen molar-refractivity contribution in [3.63, 3.8) is 0 Å². The number of pyridine rings is 1. The largest absolute Gasteiger partial charge is 0.481 e. The molecule has 0 saturated heterocycles. The van der Waals surface area contributed by atoms with Crippen LogP contribution in [0.2, 0.25) is 0 Å². The Morgan fingerprint density at radius 1 is 1.03 bits per heavy atom. The number of aromatic nitrogens is 3. The van der Waals surface area contributed by atoms with Crippen LogP contribution >= 0.6 is 0 Å². The second-order valence-electron chi connectivity index (χ2n) is 8.72. The highest BCUT2D eigenvalue weighted by Crippen LogP contribution is 2.21. The van der Waals surface area contributed by atoms with Crippen LogP contribution in [-0.2, 0) is 22.6 Å². The van der Waals surface area contributed by atoms with Gasteiger partial charge in [0, 0.05) is 19.0 Å². The number of hydrogen-bond acceptors (Lipinski definition) is 5. The first-order valence-corrected chi connectivity index (χ1v) is 12.0. The molecular formula is C28H31N5O3. The monoisotopic (exact) mass is 485 g/mol. The third-order valence-corrected chi connectivity index (χ3v) is 6.22. The summed E-state index contributed by atoms with van der Waals surface area (Å²) in [6, 6.07) is 16.5. The SMILES string of the molecule is CCN(C(=O)C(Cc1ccccc1)NC(=O)Cn1cnc2c(C)ccc(C)c21)c1ccc(OC)nc1. The minimum absolute atomic E-state index is 0.0651. The van der Waals surface area contributed by atoms with E-state index < -0.39 is 6.04 Å². The summed E-state index contributed by atoms with van der Waals surface area (Å²) in [5, 5.41) is 2.99.